The van der Waals surface area contributed by atoms with E-state index in [9.17, 15) is 13.2 Å². The van der Waals surface area contributed by atoms with Crippen LogP contribution < -0.4 is 9.62 Å². The molecule has 2 aromatic rings. The van der Waals surface area contributed by atoms with Gasteiger partial charge in [0.25, 0.3) is 0 Å². The largest absolute Gasteiger partial charge is 0.324 e. The second-order valence-electron chi connectivity index (χ2n) is 6.63. The molecule has 0 bridgehead atoms. The first-order valence-corrected chi connectivity index (χ1v) is 10.4. The maximum Gasteiger partial charge on any atom is 0.248 e. The van der Waals surface area contributed by atoms with Crippen molar-refractivity contribution < 1.29 is 13.2 Å². The number of aryl methyl sites for hydroxylation is 3. The molecule has 0 saturated heterocycles. The van der Waals surface area contributed by atoms with Gasteiger partial charge >= 0.3 is 0 Å². The zero-order valence-corrected chi connectivity index (χ0v) is 16.7. The van der Waals surface area contributed by atoms with Crippen molar-refractivity contribution in [2.24, 2.45) is 0 Å². The van der Waals surface area contributed by atoms with Crippen LogP contribution in [0.25, 0.3) is 0 Å². The zero-order chi connectivity index (χ0) is 19.5. The van der Waals surface area contributed by atoms with Crippen LogP contribution in [-0.2, 0) is 14.8 Å². The van der Waals surface area contributed by atoms with Gasteiger partial charge < -0.3 is 5.32 Å². The van der Waals surface area contributed by atoms with Gasteiger partial charge in [-0.1, -0.05) is 36.8 Å². The molecule has 0 aliphatic carbocycles. The molecule has 6 heteroatoms. The molecule has 1 amide bonds. The number of carbonyl (C=O) groups is 1. The molecule has 0 aliphatic heterocycles. The van der Waals surface area contributed by atoms with Crippen LogP contribution in [0.3, 0.4) is 0 Å². The van der Waals surface area contributed by atoms with E-state index < -0.39 is 16.1 Å². The van der Waals surface area contributed by atoms with Crippen LogP contribution in [0.15, 0.2) is 42.5 Å². The number of benzene rings is 2. The predicted octanol–water partition coefficient (Wildman–Crippen LogP) is 3.80. The van der Waals surface area contributed by atoms with Gasteiger partial charge in [-0.05, 0) is 56.5 Å². The van der Waals surface area contributed by atoms with Gasteiger partial charge in [0.1, 0.15) is 6.04 Å². The van der Waals surface area contributed by atoms with Crippen LogP contribution in [0, 0.1) is 20.8 Å². The van der Waals surface area contributed by atoms with Crippen LogP contribution in [0.5, 0.6) is 0 Å². The van der Waals surface area contributed by atoms with E-state index in [1.807, 2.05) is 51.1 Å². The number of hydrogen-bond acceptors (Lipinski definition) is 3. The highest BCUT2D eigenvalue weighted by Crippen LogP contribution is 2.24. The fourth-order valence-electron chi connectivity index (χ4n) is 2.84. The van der Waals surface area contributed by atoms with Crippen LogP contribution in [-0.4, -0.2) is 26.6 Å². The predicted molar refractivity (Wildman–Crippen MR) is 107 cm³/mol. The molecule has 0 heterocycles. The summed E-state index contributed by atoms with van der Waals surface area (Å²) in [5.74, 6) is -0.341. The molecular weight excluding hydrogens is 348 g/mol. The van der Waals surface area contributed by atoms with Gasteiger partial charge in [0, 0.05) is 5.69 Å². The van der Waals surface area contributed by atoms with Crippen molar-refractivity contribution in [2.45, 2.75) is 40.2 Å². The molecule has 2 aromatic carbocycles. The van der Waals surface area contributed by atoms with E-state index in [2.05, 4.69) is 5.32 Å². The Balaban J connectivity index is 2.39. The highest BCUT2D eigenvalue weighted by Gasteiger charge is 2.31. The van der Waals surface area contributed by atoms with Crippen molar-refractivity contribution in [2.75, 3.05) is 15.9 Å². The summed E-state index contributed by atoms with van der Waals surface area (Å²) in [6, 6.07) is 12.1. The molecule has 0 spiro atoms. The van der Waals surface area contributed by atoms with E-state index in [-0.39, 0.29) is 5.91 Å². The average Bonchev–Trinajstić information content (AvgIpc) is 2.56. The highest BCUT2D eigenvalue weighted by molar-refractivity contribution is 7.92. The van der Waals surface area contributed by atoms with Crippen LogP contribution >= 0.6 is 0 Å². The number of sulfonamides is 1. The molecule has 1 unspecified atom stereocenters. The van der Waals surface area contributed by atoms with E-state index in [0.717, 1.165) is 22.9 Å². The van der Waals surface area contributed by atoms with Crippen LogP contribution in [0.2, 0.25) is 0 Å². The van der Waals surface area contributed by atoms with E-state index in [1.165, 1.54) is 4.31 Å². The molecule has 0 fully saturated rings. The van der Waals surface area contributed by atoms with Gasteiger partial charge in [-0.2, -0.15) is 0 Å². The zero-order valence-electron chi connectivity index (χ0n) is 15.9. The minimum absolute atomic E-state index is 0.341. The van der Waals surface area contributed by atoms with E-state index in [1.54, 1.807) is 19.1 Å². The fourth-order valence-corrected chi connectivity index (χ4v) is 4.05. The fraction of sp³-hybridized carbons (Fsp3) is 0.350. The Morgan fingerprint density at radius 1 is 1.04 bits per heavy atom. The molecule has 0 radical (unpaired) electrons. The number of rotatable bonds is 6. The normalized spacial score (nSPS) is 12.5. The number of nitrogens with one attached hydrogen (secondary N) is 1. The summed E-state index contributed by atoms with van der Waals surface area (Å²) in [5.41, 5.74) is 4.17. The van der Waals surface area contributed by atoms with Crippen molar-refractivity contribution in [3.8, 4) is 0 Å². The Kier molecular flexibility index (Phi) is 6.08. The van der Waals surface area contributed by atoms with E-state index >= 15 is 0 Å². The second-order valence-corrected chi connectivity index (χ2v) is 8.49. The smallest absolute Gasteiger partial charge is 0.248 e. The lowest BCUT2D eigenvalue weighted by Crippen LogP contribution is -2.47. The summed E-state index contributed by atoms with van der Waals surface area (Å²) >= 11 is 0. The number of anilines is 2. The standard InChI is InChI=1S/C20H26N2O3S/c1-6-19(20(23)21-18-13-15(3)7-10-16(18)4)22(26(5,24)25)17-11-8-14(2)9-12-17/h7-13,19H,6H2,1-5H3,(H,21,23). The number of carbonyl (C=O) groups excluding carboxylic acids is 1. The maximum absolute atomic E-state index is 12.9. The van der Waals surface area contributed by atoms with Crippen molar-refractivity contribution in [3.63, 3.8) is 0 Å². The number of hydrogen-bond donors (Lipinski definition) is 1. The molecule has 1 atom stereocenters. The summed E-state index contributed by atoms with van der Waals surface area (Å²) in [7, 11) is -3.63. The Hall–Kier alpha value is -2.34. The summed E-state index contributed by atoms with van der Waals surface area (Å²) in [6.07, 6.45) is 1.48. The quantitative estimate of drug-likeness (QED) is 0.836. The van der Waals surface area contributed by atoms with Gasteiger partial charge in [0.15, 0.2) is 0 Å². The maximum atomic E-state index is 12.9. The van der Waals surface area contributed by atoms with Gasteiger partial charge in [-0.25, -0.2) is 8.42 Å². The summed E-state index contributed by atoms with van der Waals surface area (Å²) in [5, 5.41) is 2.89. The summed E-state index contributed by atoms with van der Waals surface area (Å²) in [4.78, 5) is 12.9. The molecule has 1 N–H and O–H groups in total. The SMILES string of the molecule is CCC(C(=O)Nc1cc(C)ccc1C)N(c1ccc(C)cc1)S(C)(=O)=O. The van der Waals surface area contributed by atoms with Crippen LogP contribution in [0.4, 0.5) is 11.4 Å². The van der Waals surface area contributed by atoms with Gasteiger partial charge in [-0.3, -0.25) is 9.10 Å². The Morgan fingerprint density at radius 2 is 1.62 bits per heavy atom. The molecule has 140 valence electrons. The van der Waals surface area contributed by atoms with Crippen molar-refractivity contribution in [1.29, 1.82) is 0 Å². The summed E-state index contributed by atoms with van der Waals surface area (Å²) < 4.78 is 26.1. The minimum Gasteiger partial charge on any atom is -0.324 e. The minimum atomic E-state index is -3.63. The van der Waals surface area contributed by atoms with Gasteiger partial charge in [-0.15, -0.1) is 0 Å². The molecule has 2 rings (SSSR count). The Morgan fingerprint density at radius 3 is 2.15 bits per heavy atom. The first-order chi connectivity index (χ1) is 12.1. The second kappa shape index (κ2) is 7.91. The third-order valence-electron chi connectivity index (χ3n) is 4.27. The molecule has 0 aliphatic rings. The topological polar surface area (TPSA) is 66.5 Å². The van der Waals surface area contributed by atoms with E-state index in [4.69, 9.17) is 0 Å². The first-order valence-electron chi connectivity index (χ1n) is 8.57. The summed E-state index contributed by atoms with van der Waals surface area (Å²) in [6.45, 7) is 7.59. The first kappa shape index (κ1) is 20.0. The highest BCUT2D eigenvalue weighted by atomic mass is 32.2. The number of amides is 1. The molecule has 0 saturated carbocycles. The third-order valence-corrected chi connectivity index (χ3v) is 5.45. The molecule has 5 nitrogen and oxygen atoms in total. The van der Waals surface area contributed by atoms with E-state index in [0.29, 0.717) is 17.8 Å². The van der Waals surface area contributed by atoms with Crippen molar-refractivity contribution in [1.82, 2.24) is 0 Å². The monoisotopic (exact) mass is 374 g/mol. The third kappa shape index (κ3) is 4.64. The average molecular weight is 375 g/mol. The molecular formula is C20H26N2O3S. The molecule has 26 heavy (non-hydrogen) atoms. The van der Waals surface area contributed by atoms with Gasteiger partial charge in [0.2, 0.25) is 15.9 Å². The lowest BCUT2D eigenvalue weighted by atomic mass is 10.1. The lowest BCUT2D eigenvalue weighted by molar-refractivity contribution is -0.117. The Labute approximate surface area is 156 Å². The van der Waals surface area contributed by atoms with Gasteiger partial charge in [0.05, 0.1) is 11.9 Å². The lowest BCUT2D eigenvalue weighted by Gasteiger charge is -2.30. The van der Waals surface area contributed by atoms with Crippen LogP contribution in [0.1, 0.15) is 30.0 Å². The Bertz CT molecular complexity index is 890. The van der Waals surface area contributed by atoms with Crippen molar-refractivity contribution in [3.05, 3.63) is 59.2 Å². The van der Waals surface area contributed by atoms with Crippen molar-refractivity contribution >= 4 is 27.3 Å². The molecule has 0 aromatic heterocycles. The number of nitrogens with zero attached hydrogens (tertiary/aromatic N) is 1.